The molecular formula is C32H23BN2O3S4. The molecule has 0 saturated heterocycles. The minimum atomic E-state index is -0.868. The van der Waals surface area contributed by atoms with Crippen molar-refractivity contribution in [3.8, 4) is 17.2 Å². The zero-order valence-corrected chi connectivity index (χ0v) is 25.4. The van der Waals surface area contributed by atoms with Gasteiger partial charge in [-0.15, -0.1) is 22.7 Å². The van der Waals surface area contributed by atoms with Crippen LogP contribution >= 0.6 is 44.3 Å². The van der Waals surface area contributed by atoms with Crippen molar-refractivity contribution in [1.29, 1.82) is 0 Å². The first kappa shape index (κ1) is 28.2. The van der Waals surface area contributed by atoms with Gasteiger partial charge in [0.1, 0.15) is 17.2 Å². The molecule has 206 valence electrons. The maximum Gasteiger partial charge on any atom is 0.864 e. The fourth-order valence-electron chi connectivity index (χ4n) is 3.75. The quantitative estimate of drug-likeness (QED) is 0.117. The molecule has 0 aliphatic rings. The third-order valence-electron chi connectivity index (χ3n) is 5.66. The normalized spacial score (nSPS) is 10.6. The van der Waals surface area contributed by atoms with E-state index in [2.05, 4.69) is 46.4 Å². The number of hydrogen-bond donors (Lipinski definition) is 0. The fourth-order valence-corrected chi connectivity index (χ4v) is 8.24. The highest BCUT2D eigenvalue weighted by molar-refractivity contribution is 8.77. The summed E-state index contributed by atoms with van der Waals surface area (Å²) in [6, 6.07) is 44.8. The third-order valence-corrected chi connectivity index (χ3v) is 10.7. The first-order valence-corrected chi connectivity index (χ1v) is 16.8. The Kier molecular flexibility index (Phi) is 9.58. The van der Waals surface area contributed by atoms with Crippen molar-refractivity contribution in [2.75, 3.05) is 0 Å². The van der Waals surface area contributed by atoms with Crippen LogP contribution in [0.15, 0.2) is 148 Å². The first-order valence-electron chi connectivity index (χ1n) is 13.0. The van der Waals surface area contributed by atoms with Gasteiger partial charge in [-0.25, -0.2) is 9.97 Å². The number of hydrogen-bond acceptors (Lipinski definition) is 9. The number of benzene rings is 5. The second kappa shape index (κ2) is 14.3. The minimum Gasteiger partial charge on any atom is -0.490 e. The molecule has 0 aliphatic carbocycles. The predicted molar refractivity (Wildman–Crippen MR) is 178 cm³/mol. The van der Waals surface area contributed by atoms with E-state index >= 15 is 0 Å². The van der Waals surface area contributed by atoms with Gasteiger partial charge in [0.05, 0.1) is 20.4 Å². The van der Waals surface area contributed by atoms with Gasteiger partial charge in [-0.2, -0.15) is 0 Å². The van der Waals surface area contributed by atoms with Crippen LogP contribution in [-0.4, -0.2) is 17.3 Å². The molecule has 0 saturated carbocycles. The van der Waals surface area contributed by atoms with E-state index in [9.17, 15) is 0 Å². The van der Waals surface area contributed by atoms with Gasteiger partial charge in [0, 0.05) is 0 Å². The molecular weight excluding hydrogens is 599 g/mol. The number of para-hydroxylation sites is 5. The van der Waals surface area contributed by atoms with Crippen molar-refractivity contribution in [3.63, 3.8) is 0 Å². The van der Waals surface area contributed by atoms with Gasteiger partial charge in [-0.05, 0) is 82.3 Å². The monoisotopic (exact) mass is 622 g/mol. The largest absolute Gasteiger partial charge is 0.864 e. The van der Waals surface area contributed by atoms with Crippen LogP contribution in [0, 0.1) is 0 Å². The number of aromatic nitrogens is 2. The summed E-state index contributed by atoms with van der Waals surface area (Å²) in [6.45, 7) is 0. The third kappa shape index (κ3) is 7.86. The van der Waals surface area contributed by atoms with Crippen LogP contribution in [0.3, 0.4) is 0 Å². The molecule has 0 radical (unpaired) electrons. The SMILES string of the molecule is c1ccc(OB(Oc2ccccc2)Oc2ccccc2)cc1.c1ccc2sc(SSc3nc4ccccc4s3)nc2c1. The van der Waals surface area contributed by atoms with Gasteiger partial charge in [0.2, 0.25) is 0 Å². The smallest absolute Gasteiger partial charge is 0.490 e. The Morgan fingerprint density at radius 3 is 1.12 bits per heavy atom. The Balaban J connectivity index is 0.000000151. The molecule has 0 atom stereocenters. The number of thiazole rings is 2. The zero-order valence-electron chi connectivity index (χ0n) is 22.1. The molecule has 0 unspecified atom stereocenters. The lowest BCUT2D eigenvalue weighted by atomic mass is 10.2. The van der Waals surface area contributed by atoms with E-state index in [4.69, 9.17) is 14.0 Å². The van der Waals surface area contributed by atoms with Crippen LogP contribution < -0.4 is 14.0 Å². The van der Waals surface area contributed by atoms with Crippen molar-refractivity contribution in [1.82, 2.24) is 9.97 Å². The van der Waals surface area contributed by atoms with E-state index in [1.54, 1.807) is 44.3 Å². The Morgan fingerprint density at radius 2 is 0.762 bits per heavy atom. The van der Waals surface area contributed by atoms with Gasteiger partial charge in [-0.1, -0.05) is 78.9 Å². The molecule has 0 amide bonds. The Bertz CT molecular complexity index is 1600. The van der Waals surface area contributed by atoms with Crippen molar-refractivity contribution in [3.05, 3.63) is 140 Å². The zero-order chi connectivity index (χ0) is 28.4. The van der Waals surface area contributed by atoms with Crippen molar-refractivity contribution in [2.45, 2.75) is 8.68 Å². The summed E-state index contributed by atoms with van der Waals surface area (Å²) in [5.74, 6) is 2.04. The molecule has 0 fully saturated rings. The maximum absolute atomic E-state index is 5.78. The lowest BCUT2D eigenvalue weighted by Gasteiger charge is -2.16. The van der Waals surface area contributed by atoms with Crippen LogP contribution in [0.25, 0.3) is 20.4 Å². The molecule has 5 nitrogen and oxygen atoms in total. The summed E-state index contributed by atoms with van der Waals surface area (Å²) in [4.78, 5) is 9.24. The molecule has 0 spiro atoms. The average Bonchev–Trinajstić information content (AvgIpc) is 3.65. The lowest BCUT2D eigenvalue weighted by Crippen LogP contribution is -2.36. The highest BCUT2D eigenvalue weighted by Crippen LogP contribution is 2.43. The maximum atomic E-state index is 5.78. The second-order valence-electron chi connectivity index (χ2n) is 8.64. The van der Waals surface area contributed by atoms with Crippen LogP contribution in [0.4, 0.5) is 0 Å². The average molecular weight is 623 g/mol. The molecule has 7 aromatic rings. The standard InChI is InChI=1S/C18H15BO3.C14H8N2S4/c1-4-10-16(11-5-1)20-19(21-17-12-6-2-7-13-17)22-18-14-8-3-9-15-18;1-3-7-11-9(5-1)15-13(17-11)19-20-14-16-10-6-2-4-8-12(10)18-14/h1-15H;1-8H. The van der Waals surface area contributed by atoms with Gasteiger partial charge >= 0.3 is 7.32 Å². The van der Waals surface area contributed by atoms with Crippen molar-refractivity contribution < 1.29 is 14.0 Å². The van der Waals surface area contributed by atoms with E-state index < -0.39 is 7.32 Å². The number of fused-ring (bicyclic) bond motifs is 2. The molecule has 2 heterocycles. The lowest BCUT2D eigenvalue weighted by molar-refractivity contribution is 0.307. The molecule has 7 rings (SSSR count). The molecule has 0 bridgehead atoms. The van der Waals surface area contributed by atoms with Crippen molar-refractivity contribution >= 4 is 72.0 Å². The summed E-state index contributed by atoms with van der Waals surface area (Å²) in [5.41, 5.74) is 2.15. The Hall–Kier alpha value is -3.96. The Labute approximate surface area is 260 Å². The topological polar surface area (TPSA) is 53.5 Å². The highest BCUT2D eigenvalue weighted by atomic mass is 33.1. The van der Waals surface area contributed by atoms with Gasteiger partial charge in [-0.3, -0.25) is 0 Å². The minimum absolute atomic E-state index is 0.680. The molecule has 0 aliphatic heterocycles. The van der Waals surface area contributed by atoms with Crippen molar-refractivity contribution in [2.24, 2.45) is 0 Å². The van der Waals surface area contributed by atoms with Gasteiger partial charge in [0.15, 0.2) is 8.68 Å². The second-order valence-corrected chi connectivity index (χ2v) is 13.3. The molecule has 2 aromatic heterocycles. The summed E-state index contributed by atoms with van der Waals surface area (Å²) < 4.78 is 22.0. The summed E-state index contributed by atoms with van der Waals surface area (Å²) in [6.07, 6.45) is 0. The van der Waals surface area contributed by atoms with E-state index in [0.717, 1.165) is 19.7 Å². The predicted octanol–water partition coefficient (Wildman–Crippen LogP) is 9.91. The molecule has 0 N–H and O–H groups in total. The van der Waals surface area contributed by atoms with Crippen LogP contribution in [0.2, 0.25) is 0 Å². The van der Waals surface area contributed by atoms with E-state index in [0.29, 0.717) is 17.2 Å². The number of nitrogens with zero attached hydrogens (tertiary/aromatic N) is 2. The van der Waals surface area contributed by atoms with E-state index in [1.807, 2.05) is 103 Å². The van der Waals surface area contributed by atoms with Crippen LogP contribution in [-0.2, 0) is 0 Å². The Morgan fingerprint density at radius 1 is 0.429 bits per heavy atom. The molecule has 5 aromatic carbocycles. The van der Waals surface area contributed by atoms with E-state index in [-0.39, 0.29) is 0 Å². The van der Waals surface area contributed by atoms with Gasteiger partial charge < -0.3 is 14.0 Å². The summed E-state index contributed by atoms with van der Waals surface area (Å²) >= 11 is 3.46. The molecule has 10 heteroatoms. The fraction of sp³-hybridized carbons (Fsp3) is 0. The van der Waals surface area contributed by atoms with Gasteiger partial charge in [0.25, 0.3) is 0 Å². The van der Waals surface area contributed by atoms with E-state index in [1.165, 1.54) is 9.40 Å². The summed E-state index contributed by atoms with van der Waals surface area (Å²) in [5, 5.41) is 0. The highest BCUT2D eigenvalue weighted by Gasteiger charge is 2.30. The molecule has 42 heavy (non-hydrogen) atoms. The number of rotatable bonds is 9. The van der Waals surface area contributed by atoms with Crippen LogP contribution in [0.5, 0.6) is 17.2 Å². The van der Waals surface area contributed by atoms with Crippen LogP contribution in [0.1, 0.15) is 0 Å². The summed E-state index contributed by atoms with van der Waals surface area (Å²) in [7, 11) is 2.50. The first-order chi connectivity index (χ1) is 20.8.